The minimum atomic E-state index is -1.31. The number of carbonyl (C=O) groups is 5. The number of rotatable bonds is 17. The van der Waals surface area contributed by atoms with Gasteiger partial charge in [0.1, 0.15) is 108 Å². The summed E-state index contributed by atoms with van der Waals surface area (Å²) in [7, 11) is 1.50. The molecule has 49 nitrogen and oxygen atoms in total. The summed E-state index contributed by atoms with van der Waals surface area (Å²) < 4.78 is 34.4. The van der Waals surface area contributed by atoms with E-state index >= 15 is 0 Å². The van der Waals surface area contributed by atoms with Gasteiger partial charge < -0.3 is 123 Å². The number of ketones is 1. The fourth-order valence-corrected chi connectivity index (χ4v) is 11.0. The third kappa shape index (κ3) is 15.5. The van der Waals surface area contributed by atoms with E-state index in [1.807, 2.05) is 0 Å². The smallest absolute Gasteiger partial charge is 0.323 e. The van der Waals surface area contributed by atoms with E-state index in [4.69, 9.17) is 69.5 Å². The van der Waals surface area contributed by atoms with E-state index in [-0.39, 0.29) is 111 Å². The third-order valence-corrected chi connectivity index (χ3v) is 16.5. The van der Waals surface area contributed by atoms with E-state index in [0.29, 0.717) is 22.2 Å². The number of hydrogen-bond donors (Lipinski definition) is 19. The number of amides is 1. The Morgan fingerprint density at radius 2 is 0.868 bits per heavy atom. The van der Waals surface area contributed by atoms with Crippen LogP contribution in [0.25, 0.3) is 56.6 Å². The lowest BCUT2D eigenvalue weighted by Gasteiger charge is -2.16. The first-order chi connectivity index (χ1) is 50.7. The maximum absolute atomic E-state index is 11.7. The zero-order valence-corrected chi connectivity index (χ0v) is 56.0. The van der Waals surface area contributed by atoms with Crippen LogP contribution >= 0.6 is 11.6 Å². The Kier molecular flexibility index (Phi) is 24.3. The Bertz CT molecular complexity index is 4780. The van der Waals surface area contributed by atoms with Crippen molar-refractivity contribution < 1.29 is 109 Å². The average molecular weight is 1510 g/mol. The predicted octanol–water partition coefficient (Wildman–Crippen LogP) is -8.48. The molecule has 14 rings (SSSR count). The lowest BCUT2D eigenvalue weighted by Crippen LogP contribution is -2.33. The Morgan fingerprint density at radius 3 is 1.19 bits per heavy atom. The predicted molar refractivity (Wildman–Crippen MR) is 354 cm³/mol. The molecule has 24 N–H and O–H groups in total. The molecule has 568 valence electrons. The van der Waals surface area contributed by atoms with E-state index in [2.05, 4.69) is 85.5 Å². The van der Waals surface area contributed by atoms with E-state index in [0.717, 1.165) is 0 Å². The minimum Gasteiger partial charge on any atom is -0.465 e. The van der Waals surface area contributed by atoms with Crippen LogP contribution < -0.4 is 39.5 Å². The van der Waals surface area contributed by atoms with E-state index in [1.54, 1.807) is 6.92 Å². The molecule has 50 heteroatoms. The summed E-state index contributed by atoms with van der Waals surface area (Å²) in [5.74, 6) is 3.34. The third-order valence-electron chi connectivity index (χ3n) is 16.4. The summed E-state index contributed by atoms with van der Waals surface area (Å²) in [6.07, 6.45) is -6.11. The van der Waals surface area contributed by atoms with Gasteiger partial charge in [-0.05, 0) is 25.4 Å². The van der Waals surface area contributed by atoms with Crippen molar-refractivity contribution in [2.45, 2.75) is 112 Å². The highest BCUT2D eigenvalue weighted by Crippen LogP contribution is 2.37. The number of nitrogens with zero attached hydrogens (tertiary/aromatic N) is 20. The molecule has 10 aromatic rings. The molecule has 0 radical (unpaired) electrons. The molecule has 4 aliphatic rings. The molecule has 4 aliphatic heterocycles. The Hall–Kier alpha value is -10.8. The second-order valence-corrected chi connectivity index (χ2v) is 23.4. The maximum atomic E-state index is 11.7. The van der Waals surface area contributed by atoms with Gasteiger partial charge in [0.15, 0.2) is 82.5 Å². The number of fused-ring (bicyclic) bond motifs is 4. The summed E-state index contributed by atoms with van der Waals surface area (Å²) >= 11 is 5.74. The summed E-state index contributed by atoms with van der Waals surface area (Å²) in [5.41, 5.74) is 28.5. The van der Waals surface area contributed by atoms with Gasteiger partial charge in [0.25, 0.3) is 17.8 Å². The minimum absolute atomic E-state index is 0.0579. The summed E-state index contributed by atoms with van der Waals surface area (Å²) in [5, 5.41) is 127. The van der Waals surface area contributed by atoms with Crippen molar-refractivity contribution >= 4 is 116 Å². The van der Waals surface area contributed by atoms with Crippen LogP contribution in [0.4, 0.5) is 29.2 Å². The Balaban J connectivity index is 0.000000146. The van der Waals surface area contributed by atoms with Crippen molar-refractivity contribution in [1.82, 2.24) is 103 Å². The molecule has 14 heterocycles. The second kappa shape index (κ2) is 33.1. The topological polar surface area (TPSA) is 738 Å². The van der Waals surface area contributed by atoms with Crippen LogP contribution in [0.2, 0.25) is 5.28 Å². The number of Topliss-reactive ketones (excluding diaryl/α,β-unsaturated/α-hetero) is 1. The number of anilines is 5. The largest absolute Gasteiger partial charge is 0.465 e. The van der Waals surface area contributed by atoms with Crippen molar-refractivity contribution in [3.63, 3.8) is 0 Å². The van der Waals surface area contributed by atoms with E-state index < -0.39 is 136 Å². The normalized spacial score (nSPS) is 25.3. The average Bonchev–Trinajstić information content (AvgIpc) is 1.63. The highest BCUT2D eigenvalue weighted by molar-refractivity contribution is 6.28. The van der Waals surface area contributed by atoms with Crippen LogP contribution in [0.15, 0.2) is 50.1 Å². The number of aliphatic hydroxyl groups excluding tert-OH is 12. The quantitative estimate of drug-likeness (QED) is 0.00766. The van der Waals surface area contributed by atoms with Crippen molar-refractivity contribution in [2.75, 3.05) is 68.4 Å². The van der Waals surface area contributed by atoms with Gasteiger partial charge in [-0.2, -0.15) is 50.1 Å². The number of aliphatic hydroxyl groups is 12. The van der Waals surface area contributed by atoms with Crippen molar-refractivity contribution in [2.24, 2.45) is 11.8 Å². The van der Waals surface area contributed by atoms with Gasteiger partial charge in [0.2, 0.25) is 11.2 Å². The molecule has 1 amide bonds. The van der Waals surface area contributed by atoms with E-state index in [1.165, 1.54) is 91.7 Å². The fraction of sp³-hybridized carbons (Fsp3) is 0.446. The molecule has 106 heavy (non-hydrogen) atoms. The first-order valence-corrected chi connectivity index (χ1v) is 31.6. The first kappa shape index (κ1) is 77.8. The number of halogens is 1. The zero-order chi connectivity index (χ0) is 76.9. The molecule has 16 atom stereocenters. The number of nitrogens with two attached hydrogens (primary N) is 5. The summed E-state index contributed by atoms with van der Waals surface area (Å²) in [6.45, 7) is 1.44. The van der Waals surface area contributed by atoms with Gasteiger partial charge in [-0.1, -0.05) is 0 Å². The molecular formula is C56H70ClN27O22. The number of hydrazine groups is 1. The number of carbonyl (C=O) groups excluding carboxylic acids is 5. The van der Waals surface area contributed by atoms with Crippen LogP contribution in [0.1, 0.15) is 59.5 Å². The maximum Gasteiger partial charge on any atom is 0.323 e. The lowest BCUT2D eigenvalue weighted by atomic mass is 10.1. The van der Waals surface area contributed by atoms with Gasteiger partial charge in [-0.15, -0.1) is 0 Å². The van der Waals surface area contributed by atoms with Gasteiger partial charge in [0.05, 0.1) is 81.9 Å². The number of hydrogen-bond acceptors (Lipinski definition) is 42. The van der Waals surface area contributed by atoms with Crippen LogP contribution in [-0.4, -0.2) is 302 Å². The highest BCUT2D eigenvalue weighted by atomic mass is 35.5. The molecule has 0 aliphatic carbocycles. The molecule has 0 aromatic carbocycles. The van der Waals surface area contributed by atoms with Crippen LogP contribution in [-0.2, 0) is 38.1 Å². The summed E-state index contributed by atoms with van der Waals surface area (Å²) in [4.78, 5) is 103. The number of imidazole rings is 4. The fourth-order valence-electron chi connectivity index (χ4n) is 10.8. The molecule has 0 unspecified atom stereocenters. The number of aromatic nitrogens is 20. The Labute approximate surface area is 596 Å². The lowest BCUT2D eigenvalue weighted by molar-refractivity contribution is -0.150. The number of aldehydes is 2. The van der Waals surface area contributed by atoms with Crippen molar-refractivity contribution in [1.29, 1.82) is 0 Å². The molecule has 10 aromatic heterocycles. The molecule has 0 saturated carbocycles. The highest BCUT2D eigenvalue weighted by Gasteiger charge is 2.48. The van der Waals surface area contributed by atoms with Crippen molar-refractivity contribution in [3.05, 3.63) is 66.5 Å². The van der Waals surface area contributed by atoms with Crippen LogP contribution in [0.3, 0.4) is 0 Å². The molecule has 4 saturated heterocycles. The van der Waals surface area contributed by atoms with Gasteiger partial charge >= 0.3 is 5.97 Å². The summed E-state index contributed by atoms with van der Waals surface area (Å²) in [6, 6.07) is 0. The monoisotopic (exact) mass is 1510 g/mol. The number of nitrogen functional groups attached to an aromatic ring is 5. The second-order valence-electron chi connectivity index (χ2n) is 23.0. The molecular weight excluding hydrogens is 1440 g/mol. The molecule has 4 fully saturated rings. The number of ether oxygens (including phenoxy) is 5. The standard InChI is InChI=1S/C15H18N8O5.C15H17N7O5.C10H12ClN5O4.C10H15N7O4.C6H8O4/c1-17-13(27)6-2-19-23(3-6)15-20-11(16)8-12(21-15)22(5-18-8)14-10(26)9(25)7(4-24)28-14;1-6(24)7-2-18-22(3-7)15-19-12(16)9-13(20-15)21(5-17-9)14-11(26)10(25)8(4-23)27-14;11-10-14-7(12)4-8(15-10)16(2-13-4)9-6(19)5(18)3(1-17)20-9;11-7-4-8(15-10(14-7)16-12)17(2-13-4)9-6(20)5(19)3(1-18)21-9;1-2-10-6(9)5(3-7)4-8/h2-3,5,7,9-10,14,24-26H,4H2,1H3,(H,17,27)(H2,16,20,21);2-3,5,8,10-11,14,23,25-26H,4H2,1H3,(H2,16,19,20);2-3,5-6,9,17-19H,1H2,(H2,12,14,15);2-3,5-6,9,18-20H,1,12H2,(H3,11,14,15,16);3-5H,2H2,1H3/t7-,9-,10-,14-;8-,10-,11-,14-;2*3-,5-,6-,9-;/m1111./s1. The molecule has 0 spiro atoms. The first-order valence-electron chi connectivity index (χ1n) is 31.2. The van der Waals surface area contributed by atoms with Gasteiger partial charge in [-0.25, -0.2) is 35.1 Å². The van der Waals surface area contributed by atoms with Crippen molar-refractivity contribution in [3.8, 4) is 11.9 Å². The number of nitrogens with one attached hydrogen (secondary N) is 2. The molecule has 0 bridgehead atoms. The van der Waals surface area contributed by atoms with Crippen LogP contribution in [0, 0.1) is 5.92 Å². The van der Waals surface area contributed by atoms with Gasteiger partial charge in [-0.3, -0.25) is 38.1 Å². The van der Waals surface area contributed by atoms with Crippen LogP contribution in [0.5, 0.6) is 0 Å². The Morgan fingerprint density at radius 1 is 0.528 bits per heavy atom. The van der Waals surface area contributed by atoms with E-state index in [9.17, 15) is 75.0 Å². The zero-order valence-electron chi connectivity index (χ0n) is 55.3. The number of esters is 1. The SMILES string of the molecule is CC(=O)c1cnn(-c2nc(N)c3ncn([C@@H]4O[C@H](CO)[C@@H](O)[C@H]4O)c3n2)c1.CCOC(=O)C(C=O)C=O.CNC(=O)c1cnn(-c2nc(N)c3ncn([C@@H]4O[C@H](CO)[C@@H](O)[C@H]4O)c3n2)c1.NNc1nc(N)c2ncn([C@@H]3O[C@H](CO)[C@@H](O)[C@H]3O)c2n1.Nc1nc(Cl)nc2c1ncn2[C@@H]1O[C@H](CO)[C@@H](O)[C@H]1O. The van der Waals surface area contributed by atoms with Gasteiger partial charge in [0, 0.05) is 19.4 Å².